The number of methoxy groups -OCH3 is 2. The van der Waals surface area contributed by atoms with E-state index in [0.717, 1.165) is 4.31 Å². The lowest BCUT2D eigenvalue weighted by Crippen LogP contribution is -2.39. The molecular weight excluding hydrogens is 554 g/mol. The molecule has 0 atom stereocenters. The topological polar surface area (TPSA) is 116 Å². The Morgan fingerprint density at radius 3 is 2.50 bits per heavy atom. The number of halogens is 1. The maximum absolute atomic E-state index is 13.6. The molecule has 1 aliphatic heterocycles. The fourth-order valence-electron chi connectivity index (χ4n) is 3.38. The van der Waals surface area contributed by atoms with E-state index >= 15 is 0 Å². The molecule has 0 bridgehead atoms. The van der Waals surface area contributed by atoms with E-state index in [4.69, 9.17) is 18.9 Å². The normalized spacial score (nSPS) is 12.4. The molecular formula is C24H22BrN3O7S. The number of nitrogens with one attached hydrogen (secondary N) is 1. The van der Waals surface area contributed by atoms with E-state index in [-0.39, 0.29) is 23.1 Å². The van der Waals surface area contributed by atoms with Crippen molar-refractivity contribution in [2.24, 2.45) is 5.10 Å². The fraction of sp³-hybridized carbons (Fsp3) is 0.167. The van der Waals surface area contributed by atoms with Gasteiger partial charge < -0.3 is 18.9 Å². The third kappa shape index (κ3) is 5.39. The Labute approximate surface area is 216 Å². The molecule has 188 valence electrons. The van der Waals surface area contributed by atoms with Crippen LogP contribution in [0, 0.1) is 0 Å². The van der Waals surface area contributed by atoms with Gasteiger partial charge in [0.15, 0.2) is 11.5 Å². The van der Waals surface area contributed by atoms with E-state index in [1.165, 1.54) is 38.6 Å². The Balaban J connectivity index is 1.61. The summed E-state index contributed by atoms with van der Waals surface area (Å²) in [6, 6.07) is 15.9. The predicted octanol–water partition coefficient (Wildman–Crippen LogP) is 3.54. The number of ether oxygens (including phenoxy) is 4. The highest BCUT2D eigenvalue weighted by Gasteiger charge is 2.30. The minimum atomic E-state index is -4.15. The highest BCUT2D eigenvalue weighted by Crippen LogP contribution is 2.37. The second kappa shape index (κ2) is 10.9. The van der Waals surface area contributed by atoms with Crippen LogP contribution in [0.2, 0.25) is 0 Å². The quantitative estimate of drug-likeness (QED) is 0.306. The minimum Gasteiger partial charge on any atom is -0.497 e. The van der Waals surface area contributed by atoms with E-state index in [1.807, 2.05) is 0 Å². The van der Waals surface area contributed by atoms with E-state index in [9.17, 15) is 13.2 Å². The van der Waals surface area contributed by atoms with Crippen molar-refractivity contribution in [3.8, 4) is 23.0 Å². The summed E-state index contributed by atoms with van der Waals surface area (Å²) in [7, 11) is -1.29. The highest BCUT2D eigenvalue weighted by atomic mass is 79.9. The summed E-state index contributed by atoms with van der Waals surface area (Å²) in [5.74, 6) is 1.11. The van der Waals surface area contributed by atoms with Crippen molar-refractivity contribution in [1.82, 2.24) is 5.43 Å². The summed E-state index contributed by atoms with van der Waals surface area (Å²) >= 11 is 3.42. The number of amides is 1. The van der Waals surface area contributed by atoms with Crippen LogP contribution < -0.4 is 28.7 Å². The average molecular weight is 576 g/mol. The molecule has 0 unspecified atom stereocenters. The third-order valence-electron chi connectivity index (χ3n) is 5.16. The number of nitrogens with zero attached hydrogens (tertiary/aromatic N) is 2. The average Bonchev–Trinajstić information content (AvgIpc) is 3.34. The van der Waals surface area contributed by atoms with Gasteiger partial charge in [0.25, 0.3) is 15.9 Å². The number of rotatable bonds is 9. The number of fused-ring (bicyclic) bond motifs is 1. The van der Waals surface area contributed by atoms with Crippen molar-refractivity contribution in [2.75, 3.05) is 31.9 Å². The smallest absolute Gasteiger partial charge is 0.264 e. The molecule has 0 spiro atoms. The van der Waals surface area contributed by atoms with Gasteiger partial charge in [0.2, 0.25) is 6.79 Å². The predicted molar refractivity (Wildman–Crippen MR) is 137 cm³/mol. The standard InChI is InChI=1S/C24H22BrN3O7S/c1-32-17-8-9-21(33-2)20(11-17)28(36(30,31)18-6-4-3-5-7-18)14-24(29)27-26-13-16-10-22-23(12-19(16)25)35-15-34-22/h3-13H,14-15H2,1-2H3,(H,27,29)/b26-13-. The van der Waals surface area contributed by atoms with E-state index in [0.29, 0.717) is 27.3 Å². The lowest BCUT2D eigenvalue weighted by atomic mass is 10.2. The zero-order valence-electron chi connectivity index (χ0n) is 19.3. The summed E-state index contributed by atoms with van der Waals surface area (Å²) < 4.78 is 50.1. The van der Waals surface area contributed by atoms with Crippen molar-refractivity contribution in [2.45, 2.75) is 4.90 Å². The van der Waals surface area contributed by atoms with Crippen molar-refractivity contribution in [3.05, 3.63) is 70.7 Å². The first-order valence-electron chi connectivity index (χ1n) is 10.5. The number of hydrazone groups is 1. The van der Waals surface area contributed by atoms with Crippen LogP contribution in [0.4, 0.5) is 5.69 Å². The molecule has 0 aliphatic carbocycles. The largest absolute Gasteiger partial charge is 0.497 e. The van der Waals surface area contributed by atoms with Gasteiger partial charge >= 0.3 is 0 Å². The molecule has 0 aromatic heterocycles. The fourth-order valence-corrected chi connectivity index (χ4v) is 5.25. The number of sulfonamides is 1. The Morgan fingerprint density at radius 1 is 1.08 bits per heavy atom. The molecule has 3 aromatic rings. The van der Waals surface area contributed by atoms with Crippen LogP contribution in [0.5, 0.6) is 23.0 Å². The number of hydrogen-bond acceptors (Lipinski definition) is 8. The number of hydrogen-bond donors (Lipinski definition) is 1. The maximum atomic E-state index is 13.6. The van der Waals surface area contributed by atoms with Gasteiger partial charge in [-0.15, -0.1) is 0 Å². The Hall–Kier alpha value is -3.77. The molecule has 36 heavy (non-hydrogen) atoms. The molecule has 1 heterocycles. The second-order valence-electron chi connectivity index (χ2n) is 7.38. The minimum absolute atomic E-state index is 0.00969. The van der Waals surface area contributed by atoms with Gasteiger partial charge in [-0.05, 0) is 52.3 Å². The zero-order valence-corrected chi connectivity index (χ0v) is 21.7. The first kappa shape index (κ1) is 25.3. The van der Waals surface area contributed by atoms with E-state index < -0.39 is 22.5 Å². The molecule has 1 N–H and O–H groups in total. The number of carbonyl (C=O) groups excluding carboxylic acids is 1. The lowest BCUT2D eigenvalue weighted by molar-refractivity contribution is -0.119. The van der Waals surface area contributed by atoms with Gasteiger partial charge in [0.05, 0.1) is 31.0 Å². The van der Waals surface area contributed by atoms with Crippen molar-refractivity contribution < 1.29 is 32.2 Å². The van der Waals surface area contributed by atoms with Crippen molar-refractivity contribution in [3.63, 3.8) is 0 Å². The van der Waals surface area contributed by atoms with Crippen molar-refractivity contribution >= 4 is 43.8 Å². The molecule has 10 nitrogen and oxygen atoms in total. The van der Waals surface area contributed by atoms with Crippen LogP contribution in [0.3, 0.4) is 0 Å². The summed E-state index contributed by atoms with van der Waals surface area (Å²) in [5, 5.41) is 3.98. The zero-order chi connectivity index (χ0) is 25.7. The van der Waals surface area contributed by atoms with Gasteiger partial charge in [0.1, 0.15) is 18.0 Å². The van der Waals surface area contributed by atoms with Gasteiger partial charge in [-0.3, -0.25) is 9.10 Å². The Kier molecular flexibility index (Phi) is 7.65. The molecule has 0 fully saturated rings. The summed E-state index contributed by atoms with van der Waals surface area (Å²) in [6.45, 7) is -0.445. The molecule has 1 amide bonds. The SMILES string of the molecule is COc1ccc(OC)c(N(CC(=O)N/N=C\c2cc3c(cc2Br)OCO3)S(=O)(=O)c2ccccc2)c1. The van der Waals surface area contributed by atoms with Crippen LogP contribution in [0.1, 0.15) is 5.56 Å². The van der Waals surface area contributed by atoms with Crippen LogP contribution in [0.15, 0.2) is 75.1 Å². The van der Waals surface area contributed by atoms with Gasteiger partial charge in [-0.2, -0.15) is 5.10 Å². The molecule has 0 radical (unpaired) electrons. The van der Waals surface area contributed by atoms with Crippen LogP contribution in [-0.2, 0) is 14.8 Å². The molecule has 0 saturated carbocycles. The monoisotopic (exact) mass is 575 g/mol. The molecule has 1 aliphatic rings. The number of benzene rings is 3. The Morgan fingerprint density at radius 2 is 1.81 bits per heavy atom. The van der Waals surface area contributed by atoms with Crippen LogP contribution >= 0.6 is 15.9 Å². The number of anilines is 1. The summed E-state index contributed by atoms with van der Waals surface area (Å²) in [5.41, 5.74) is 3.14. The van der Waals surface area contributed by atoms with Gasteiger partial charge in [-0.25, -0.2) is 13.8 Å². The first-order valence-corrected chi connectivity index (χ1v) is 12.8. The highest BCUT2D eigenvalue weighted by molar-refractivity contribution is 9.10. The van der Waals surface area contributed by atoms with Crippen LogP contribution in [-0.4, -0.2) is 48.1 Å². The summed E-state index contributed by atoms with van der Waals surface area (Å²) in [4.78, 5) is 12.9. The number of carbonyl (C=O) groups is 1. The second-order valence-corrected chi connectivity index (χ2v) is 10.1. The van der Waals surface area contributed by atoms with Crippen LogP contribution in [0.25, 0.3) is 0 Å². The van der Waals surface area contributed by atoms with Gasteiger partial charge in [-0.1, -0.05) is 18.2 Å². The first-order chi connectivity index (χ1) is 17.3. The molecule has 3 aromatic carbocycles. The Bertz CT molecular complexity index is 1400. The molecule has 0 saturated heterocycles. The third-order valence-corrected chi connectivity index (χ3v) is 7.62. The summed E-state index contributed by atoms with van der Waals surface area (Å²) in [6.07, 6.45) is 1.41. The molecule has 12 heteroatoms. The lowest BCUT2D eigenvalue weighted by Gasteiger charge is -2.25. The van der Waals surface area contributed by atoms with Crippen molar-refractivity contribution in [1.29, 1.82) is 0 Å². The van der Waals surface area contributed by atoms with E-state index in [2.05, 4.69) is 26.5 Å². The van der Waals surface area contributed by atoms with E-state index in [1.54, 1.807) is 42.5 Å². The maximum Gasteiger partial charge on any atom is 0.264 e. The van der Waals surface area contributed by atoms with Gasteiger partial charge in [0, 0.05) is 16.1 Å². The molecule has 4 rings (SSSR count).